The van der Waals surface area contributed by atoms with Crippen LogP contribution in [0, 0.1) is 10.1 Å². The molecule has 0 spiro atoms. The second-order valence-corrected chi connectivity index (χ2v) is 19.3. The number of para-hydroxylation sites is 4. The molecule has 0 unspecified atom stereocenters. The number of nitro benzene ring substituents is 1. The van der Waals surface area contributed by atoms with Gasteiger partial charge in [0.2, 0.25) is 0 Å². The summed E-state index contributed by atoms with van der Waals surface area (Å²) in [6, 6.07) is 81.4. The van der Waals surface area contributed by atoms with Crippen LogP contribution in [0.1, 0.15) is 20.8 Å². The summed E-state index contributed by atoms with van der Waals surface area (Å²) in [6.45, 7) is 7.71. The molecule has 374 valence electrons. The maximum atomic E-state index is 11.6. The number of fused-ring (bicyclic) bond motifs is 10. The molecule has 0 saturated carbocycles. The van der Waals surface area contributed by atoms with Gasteiger partial charge in [0.1, 0.15) is 0 Å². The van der Waals surface area contributed by atoms with Gasteiger partial charge in [0.05, 0.1) is 57.9 Å². The molecule has 13 aromatic rings. The molecule has 0 aliphatic carbocycles. The molecular weight excluding hydrogens is 960 g/mol. The average Bonchev–Trinajstić information content (AvgIpc) is 4.17. The molecule has 3 heterocycles. The van der Waals surface area contributed by atoms with Gasteiger partial charge in [-0.2, -0.15) is 0 Å². The van der Waals surface area contributed by atoms with Crippen LogP contribution in [0.25, 0.3) is 110 Å². The normalized spacial score (nSPS) is 11.4. The fraction of sp³-hybridized carbons (Fsp3) is 0.0909. The fourth-order valence-corrected chi connectivity index (χ4v) is 11.1. The van der Waals surface area contributed by atoms with Gasteiger partial charge in [0.15, 0.2) is 0 Å². The molecule has 10 heteroatoms. The van der Waals surface area contributed by atoms with Crippen molar-refractivity contribution in [3.8, 4) is 44.8 Å². The third kappa shape index (κ3) is 9.77. The molecule has 0 amide bonds. The Hall–Kier alpha value is -8.69. The van der Waals surface area contributed by atoms with Gasteiger partial charge in [0.25, 0.3) is 5.69 Å². The fourth-order valence-electron chi connectivity index (χ4n) is 10.3. The molecule has 0 radical (unpaired) electrons. The first-order chi connectivity index (χ1) is 37.4. The summed E-state index contributed by atoms with van der Waals surface area (Å²) in [6.07, 6.45) is 0. The van der Waals surface area contributed by atoms with Gasteiger partial charge in [0, 0.05) is 55.3 Å². The first-order valence-electron chi connectivity index (χ1n) is 25.6. The zero-order valence-corrected chi connectivity index (χ0v) is 43.4. The first-order valence-corrected chi connectivity index (χ1v) is 26.7. The molecule has 76 heavy (non-hydrogen) atoms. The van der Waals surface area contributed by atoms with E-state index in [0.717, 1.165) is 38.6 Å². The number of hydrogen-bond acceptors (Lipinski definition) is 5. The topological polar surface area (TPSA) is 96.5 Å². The van der Waals surface area contributed by atoms with Crippen LogP contribution in [-0.4, -0.2) is 38.9 Å². The van der Waals surface area contributed by atoms with Crippen molar-refractivity contribution in [3.05, 3.63) is 247 Å². The van der Waals surface area contributed by atoms with E-state index in [9.17, 15) is 10.1 Å². The van der Waals surface area contributed by atoms with E-state index in [0.29, 0.717) is 25.4 Å². The van der Waals surface area contributed by atoms with E-state index < -0.39 is 8.60 Å². The predicted molar refractivity (Wildman–Crippen MR) is 316 cm³/mol. The van der Waals surface area contributed by atoms with Crippen molar-refractivity contribution in [2.45, 2.75) is 20.8 Å². The third-order valence-corrected chi connectivity index (χ3v) is 14.9. The zero-order valence-electron chi connectivity index (χ0n) is 42.5. The highest BCUT2D eigenvalue weighted by atomic mass is 31.2. The molecule has 0 aliphatic rings. The Morgan fingerprint density at radius 2 is 0.908 bits per heavy atom. The third-order valence-electron chi connectivity index (χ3n) is 13.5. The zero-order chi connectivity index (χ0) is 52.0. The molecule has 13 rings (SSSR count). The molecule has 0 atom stereocenters. The van der Waals surface area contributed by atoms with Crippen molar-refractivity contribution in [1.82, 2.24) is 14.1 Å². The Morgan fingerprint density at radius 1 is 0.421 bits per heavy atom. The summed E-state index contributed by atoms with van der Waals surface area (Å²) in [5, 5.41) is 18.9. The van der Waals surface area contributed by atoms with E-state index in [1.54, 1.807) is 12.1 Å². The Balaban J connectivity index is 0.000000138. The lowest BCUT2D eigenvalue weighted by Crippen LogP contribution is -1.94. The number of benzene rings is 10. The number of aromatic nitrogens is 3. The number of H-pyrrole nitrogens is 1. The van der Waals surface area contributed by atoms with Gasteiger partial charge < -0.3 is 27.7 Å². The molecular formula is C66H55N4O5P. The highest BCUT2D eigenvalue weighted by Crippen LogP contribution is 2.41. The van der Waals surface area contributed by atoms with Crippen LogP contribution < -0.4 is 0 Å². The van der Waals surface area contributed by atoms with Gasteiger partial charge >= 0.3 is 8.60 Å². The van der Waals surface area contributed by atoms with Gasteiger partial charge in [-0.25, -0.2) is 0 Å². The number of aromatic amines is 1. The van der Waals surface area contributed by atoms with Crippen molar-refractivity contribution in [1.29, 1.82) is 0 Å². The monoisotopic (exact) mass is 1010 g/mol. The van der Waals surface area contributed by atoms with Crippen LogP contribution >= 0.6 is 8.60 Å². The summed E-state index contributed by atoms with van der Waals surface area (Å²) in [7, 11) is -1.06. The van der Waals surface area contributed by atoms with E-state index in [1.807, 2.05) is 69.3 Å². The molecule has 0 bridgehead atoms. The maximum Gasteiger partial charge on any atom is 0.332 e. The summed E-state index contributed by atoms with van der Waals surface area (Å²) < 4.78 is 20.1. The molecule has 0 aliphatic heterocycles. The van der Waals surface area contributed by atoms with Crippen LogP contribution in [0.2, 0.25) is 0 Å². The van der Waals surface area contributed by atoms with Crippen molar-refractivity contribution in [2.75, 3.05) is 19.8 Å². The van der Waals surface area contributed by atoms with Crippen LogP contribution in [0.15, 0.2) is 237 Å². The molecule has 1 N–H and O–H groups in total. The van der Waals surface area contributed by atoms with Crippen molar-refractivity contribution < 1.29 is 18.5 Å². The minimum Gasteiger partial charge on any atom is -0.354 e. The highest BCUT2D eigenvalue weighted by molar-refractivity contribution is 7.41. The van der Waals surface area contributed by atoms with Crippen LogP contribution in [0.3, 0.4) is 0 Å². The number of nitrogens with zero attached hydrogens (tertiary/aromatic N) is 3. The van der Waals surface area contributed by atoms with Crippen LogP contribution in [0.4, 0.5) is 5.69 Å². The van der Waals surface area contributed by atoms with Gasteiger partial charge in [-0.1, -0.05) is 164 Å². The second kappa shape index (κ2) is 22.4. The summed E-state index contributed by atoms with van der Waals surface area (Å²) in [4.78, 5) is 15.0. The lowest BCUT2D eigenvalue weighted by molar-refractivity contribution is -0.384. The average molecular weight is 1020 g/mol. The highest BCUT2D eigenvalue weighted by Gasteiger charge is 2.20. The number of hydrogen-bond donors (Lipinski definition) is 1. The van der Waals surface area contributed by atoms with Crippen molar-refractivity contribution in [3.63, 3.8) is 0 Å². The van der Waals surface area contributed by atoms with Crippen LogP contribution in [0.5, 0.6) is 0 Å². The molecule has 0 saturated heterocycles. The summed E-state index contributed by atoms with van der Waals surface area (Å²) in [5.74, 6) is 0. The Kier molecular flexibility index (Phi) is 14.6. The molecule has 10 aromatic carbocycles. The van der Waals surface area contributed by atoms with E-state index in [1.165, 1.54) is 66.0 Å². The smallest absolute Gasteiger partial charge is 0.332 e. The Bertz CT molecular complexity index is 4150. The summed E-state index contributed by atoms with van der Waals surface area (Å²) >= 11 is 0. The van der Waals surface area contributed by atoms with E-state index >= 15 is 0 Å². The largest absolute Gasteiger partial charge is 0.354 e. The predicted octanol–water partition coefficient (Wildman–Crippen LogP) is 18.4. The van der Waals surface area contributed by atoms with Gasteiger partial charge in [-0.3, -0.25) is 10.1 Å². The van der Waals surface area contributed by atoms with E-state index in [-0.39, 0.29) is 10.6 Å². The Labute approximate surface area is 442 Å². The van der Waals surface area contributed by atoms with Crippen molar-refractivity contribution in [2.24, 2.45) is 0 Å². The minimum absolute atomic E-state index is 0.112. The number of nitro groups is 1. The molecule has 9 nitrogen and oxygen atoms in total. The van der Waals surface area contributed by atoms with Crippen LogP contribution in [-0.2, 0) is 13.6 Å². The molecule has 3 aromatic heterocycles. The summed E-state index contributed by atoms with van der Waals surface area (Å²) in [5.41, 5.74) is 15.6. The van der Waals surface area contributed by atoms with E-state index in [2.05, 4.69) is 190 Å². The minimum atomic E-state index is -1.06. The van der Waals surface area contributed by atoms with Crippen molar-refractivity contribution >= 4 is 79.7 Å². The SMILES string of the molecule is CCOP(OCC)OCC.O=[N+]([O-])c1ccccc1-c1ccc2c(c1)c1ccccc1n2-c1cccc(-c2ccccc2)c1.c1ccc(-c2cccc(-n3c4ccccc4c4c5[nH]c6ccccc6c5ccc43)c2)cc1. The molecule has 0 fully saturated rings. The quantitative estimate of drug-likeness (QED) is 0.0747. The standard InChI is InChI=1S/C30H20N2O2.C30H20N2.C6H15O3P/c33-32(34)30-16-7-4-13-25(30)23-17-18-29-27(20-23)26-14-5-6-15-28(26)31(29)24-12-8-11-22(19-24)21-9-2-1-3-10-21;1-2-9-20(10-3-1)21-11-8-12-22(19-21)32-27-16-7-5-14-25(27)29-28(32)18-17-24-23-13-4-6-15-26(23)31-30(24)29;1-4-7-10(8-5-2)9-6-3/h1-20H;1-19,31H;4-6H2,1-3H3. The lowest BCUT2D eigenvalue weighted by atomic mass is 10.0. The maximum absolute atomic E-state index is 11.6. The van der Waals surface area contributed by atoms with Gasteiger partial charge in [-0.05, 0) is 115 Å². The number of rotatable bonds is 12. The van der Waals surface area contributed by atoms with Gasteiger partial charge in [-0.15, -0.1) is 0 Å². The van der Waals surface area contributed by atoms with E-state index in [4.69, 9.17) is 13.6 Å². The first kappa shape index (κ1) is 49.5. The number of nitrogens with one attached hydrogen (secondary N) is 1. The lowest BCUT2D eigenvalue weighted by Gasteiger charge is -2.12. The second-order valence-electron chi connectivity index (χ2n) is 18.1. The Morgan fingerprint density at radius 3 is 1.53 bits per heavy atom.